The van der Waals surface area contributed by atoms with Crippen molar-refractivity contribution in [1.82, 2.24) is 15.5 Å². The Labute approximate surface area is 127 Å². The normalized spacial score (nSPS) is 12.4. The highest BCUT2D eigenvalue weighted by Gasteiger charge is 2.17. The first kappa shape index (κ1) is 15.6. The highest BCUT2D eigenvalue weighted by molar-refractivity contribution is 5.36. The van der Waals surface area contributed by atoms with Crippen molar-refractivity contribution in [1.29, 1.82) is 0 Å². The van der Waals surface area contributed by atoms with E-state index in [0.29, 0.717) is 0 Å². The first-order chi connectivity index (χ1) is 10.1. The summed E-state index contributed by atoms with van der Waals surface area (Å²) in [5, 5.41) is 12.0. The van der Waals surface area contributed by atoms with E-state index in [9.17, 15) is 0 Å². The Bertz CT molecular complexity index is 600. The molecular formula is C18H25N3. The van der Waals surface area contributed by atoms with E-state index in [2.05, 4.69) is 60.6 Å². The van der Waals surface area contributed by atoms with Gasteiger partial charge in [-0.1, -0.05) is 25.1 Å². The Morgan fingerprint density at radius 2 is 1.76 bits per heavy atom. The van der Waals surface area contributed by atoms with Gasteiger partial charge in [-0.3, -0.25) is 0 Å². The Kier molecular flexibility index (Phi) is 5.07. The second-order valence-corrected chi connectivity index (χ2v) is 5.66. The minimum absolute atomic E-state index is 0.272. The molecule has 0 aliphatic heterocycles. The molecule has 2 rings (SSSR count). The monoisotopic (exact) mass is 283 g/mol. The first-order valence-electron chi connectivity index (χ1n) is 7.62. The van der Waals surface area contributed by atoms with E-state index < -0.39 is 0 Å². The lowest BCUT2D eigenvalue weighted by Crippen LogP contribution is -2.22. The molecule has 3 nitrogen and oxygen atoms in total. The number of hydrogen-bond donors (Lipinski definition) is 1. The van der Waals surface area contributed by atoms with Crippen LogP contribution in [0.25, 0.3) is 0 Å². The minimum atomic E-state index is 0.272. The summed E-state index contributed by atoms with van der Waals surface area (Å²) in [5.41, 5.74) is 7.47. The molecule has 1 N–H and O–H groups in total. The molecule has 0 bridgehead atoms. The molecule has 112 valence electrons. The van der Waals surface area contributed by atoms with E-state index in [1.54, 1.807) is 0 Å². The number of aromatic nitrogens is 2. The van der Waals surface area contributed by atoms with Crippen LogP contribution in [0.4, 0.5) is 0 Å². The smallest absolute Gasteiger partial charge is 0.0676 e. The first-order valence-corrected chi connectivity index (χ1v) is 7.62. The number of hydrogen-bond acceptors (Lipinski definition) is 3. The van der Waals surface area contributed by atoms with Gasteiger partial charge in [0.15, 0.2) is 0 Å². The summed E-state index contributed by atoms with van der Waals surface area (Å²) < 4.78 is 0. The topological polar surface area (TPSA) is 37.8 Å². The van der Waals surface area contributed by atoms with Gasteiger partial charge < -0.3 is 5.32 Å². The molecule has 1 aromatic carbocycles. The van der Waals surface area contributed by atoms with Gasteiger partial charge in [0, 0.05) is 6.04 Å². The predicted octanol–water partition coefficient (Wildman–Crippen LogP) is 3.47. The summed E-state index contributed by atoms with van der Waals surface area (Å²) in [6, 6.07) is 8.94. The molecule has 0 saturated heterocycles. The fourth-order valence-electron chi connectivity index (χ4n) is 2.85. The molecule has 1 heterocycles. The number of likely N-dealkylation sites (N-methyl/N-ethyl adjacent to an activating group) is 1. The average molecular weight is 283 g/mol. The summed E-state index contributed by atoms with van der Waals surface area (Å²) in [6.45, 7) is 8.51. The Morgan fingerprint density at radius 3 is 2.33 bits per heavy atom. The summed E-state index contributed by atoms with van der Waals surface area (Å²) in [5.74, 6) is 0. The molecular weight excluding hydrogens is 258 g/mol. The van der Waals surface area contributed by atoms with Gasteiger partial charge in [-0.2, -0.15) is 10.2 Å². The minimum Gasteiger partial charge on any atom is -0.313 e. The van der Waals surface area contributed by atoms with Crippen molar-refractivity contribution in [2.45, 2.75) is 46.6 Å². The third-order valence-corrected chi connectivity index (χ3v) is 4.14. The number of benzene rings is 1. The number of nitrogens with zero attached hydrogens (tertiary/aromatic N) is 2. The molecule has 2 aromatic rings. The molecule has 1 atom stereocenters. The van der Waals surface area contributed by atoms with Crippen molar-refractivity contribution in [2.24, 2.45) is 0 Å². The van der Waals surface area contributed by atoms with Crippen molar-refractivity contribution in [2.75, 3.05) is 7.05 Å². The van der Waals surface area contributed by atoms with Crippen LogP contribution in [0.2, 0.25) is 0 Å². The lowest BCUT2D eigenvalue weighted by Gasteiger charge is -2.21. The second-order valence-electron chi connectivity index (χ2n) is 5.66. The van der Waals surface area contributed by atoms with Crippen molar-refractivity contribution < 1.29 is 0 Å². The maximum Gasteiger partial charge on any atom is 0.0676 e. The van der Waals surface area contributed by atoms with Gasteiger partial charge in [0.25, 0.3) is 0 Å². The fourth-order valence-corrected chi connectivity index (χ4v) is 2.85. The largest absolute Gasteiger partial charge is 0.313 e. The van der Waals surface area contributed by atoms with E-state index in [1.807, 2.05) is 14.0 Å². The number of aryl methyl sites for hydroxylation is 4. The van der Waals surface area contributed by atoms with Gasteiger partial charge in [0.1, 0.15) is 0 Å². The van der Waals surface area contributed by atoms with E-state index in [0.717, 1.165) is 24.2 Å². The standard InChI is InChI=1S/C18H25N3/c1-6-17-16(10-14(4)20-21-17)18(19-5)11-15-12(2)8-7-9-13(15)3/h7-10,18-19H,6,11H2,1-5H3. The quantitative estimate of drug-likeness (QED) is 0.913. The fraction of sp³-hybridized carbons (Fsp3) is 0.444. The third-order valence-electron chi connectivity index (χ3n) is 4.14. The third kappa shape index (κ3) is 3.48. The van der Waals surface area contributed by atoms with E-state index in [4.69, 9.17) is 0 Å². The molecule has 3 heteroatoms. The van der Waals surface area contributed by atoms with Crippen LogP contribution in [0.5, 0.6) is 0 Å². The van der Waals surface area contributed by atoms with E-state index >= 15 is 0 Å². The van der Waals surface area contributed by atoms with Crippen LogP contribution >= 0.6 is 0 Å². The van der Waals surface area contributed by atoms with Crippen molar-refractivity contribution in [3.8, 4) is 0 Å². The van der Waals surface area contributed by atoms with Gasteiger partial charge in [-0.25, -0.2) is 0 Å². The lowest BCUT2D eigenvalue weighted by atomic mass is 9.92. The average Bonchev–Trinajstić information content (AvgIpc) is 2.47. The SMILES string of the molecule is CCc1nnc(C)cc1C(Cc1c(C)cccc1C)NC. The zero-order valence-corrected chi connectivity index (χ0v) is 13.7. The van der Waals surface area contributed by atoms with Gasteiger partial charge in [-0.05, 0) is 69.0 Å². The van der Waals surface area contributed by atoms with Crippen LogP contribution in [-0.4, -0.2) is 17.2 Å². The van der Waals surface area contributed by atoms with Crippen LogP contribution in [0.3, 0.4) is 0 Å². The van der Waals surface area contributed by atoms with Crippen LogP contribution in [0.15, 0.2) is 24.3 Å². The molecule has 0 spiro atoms. The summed E-state index contributed by atoms with van der Waals surface area (Å²) in [4.78, 5) is 0. The van der Waals surface area contributed by atoms with Gasteiger partial charge in [0.05, 0.1) is 11.4 Å². The second kappa shape index (κ2) is 6.81. The van der Waals surface area contributed by atoms with Gasteiger partial charge >= 0.3 is 0 Å². The van der Waals surface area contributed by atoms with E-state index in [1.165, 1.54) is 22.3 Å². The van der Waals surface area contributed by atoms with Crippen molar-refractivity contribution in [3.05, 3.63) is 57.9 Å². The summed E-state index contributed by atoms with van der Waals surface area (Å²) >= 11 is 0. The molecule has 1 aromatic heterocycles. The van der Waals surface area contributed by atoms with E-state index in [-0.39, 0.29) is 6.04 Å². The maximum atomic E-state index is 4.36. The van der Waals surface area contributed by atoms with Crippen LogP contribution < -0.4 is 5.32 Å². The van der Waals surface area contributed by atoms with Crippen LogP contribution in [0, 0.1) is 20.8 Å². The Balaban J connectivity index is 2.39. The molecule has 0 aliphatic carbocycles. The zero-order chi connectivity index (χ0) is 15.4. The molecule has 1 unspecified atom stereocenters. The van der Waals surface area contributed by atoms with Crippen molar-refractivity contribution >= 4 is 0 Å². The summed E-state index contributed by atoms with van der Waals surface area (Å²) in [7, 11) is 2.02. The zero-order valence-electron chi connectivity index (χ0n) is 13.7. The van der Waals surface area contributed by atoms with Gasteiger partial charge in [-0.15, -0.1) is 0 Å². The highest BCUT2D eigenvalue weighted by Crippen LogP contribution is 2.25. The maximum absolute atomic E-state index is 4.36. The van der Waals surface area contributed by atoms with Crippen LogP contribution in [-0.2, 0) is 12.8 Å². The lowest BCUT2D eigenvalue weighted by molar-refractivity contribution is 0.576. The molecule has 0 saturated carbocycles. The molecule has 0 radical (unpaired) electrons. The summed E-state index contributed by atoms with van der Waals surface area (Å²) in [6.07, 6.45) is 1.89. The Morgan fingerprint density at radius 1 is 1.10 bits per heavy atom. The molecule has 0 aliphatic rings. The Hall–Kier alpha value is -1.74. The molecule has 0 fully saturated rings. The highest BCUT2D eigenvalue weighted by atomic mass is 15.1. The van der Waals surface area contributed by atoms with Crippen LogP contribution in [0.1, 0.15) is 46.6 Å². The molecule has 21 heavy (non-hydrogen) atoms. The number of rotatable bonds is 5. The number of nitrogens with one attached hydrogen (secondary N) is 1. The van der Waals surface area contributed by atoms with Gasteiger partial charge in [0.2, 0.25) is 0 Å². The van der Waals surface area contributed by atoms with Crippen molar-refractivity contribution in [3.63, 3.8) is 0 Å². The predicted molar refractivity (Wildman–Crippen MR) is 87.6 cm³/mol. The molecule has 0 amide bonds.